The molecule has 3 aliphatic rings. The smallest absolute Gasteiger partial charge is 0.187 e. The Morgan fingerprint density at radius 3 is 1.35 bits per heavy atom. The average Bonchev–Trinajstić information content (AvgIpc) is 2.82. The van der Waals surface area contributed by atoms with Gasteiger partial charge in [-0.25, -0.2) is 0 Å². The van der Waals surface area contributed by atoms with Crippen molar-refractivity contribution >= 4 is 0 Å². The third-order valence-corrected chi connectivity index (χ3v) is 6.09. The van der Waals surface area contributed by atoms with Gasteiger partial charge in [0.05, 0.1) is 19.8 Å². The summed E-state index contributed by atoms with van der Waals surface area (Å²) in [6.45, 7) is -2.33. The molecule has 3 rings (SSSR count). The van der Waals surface area contributed by atoms with Gasteiger partial charge >= 0.3 is 0 Å². The maximum atomic E-state index is 10.7. The molecular formula is C18H32O16. The molecule has 15 atom stereocenters. The van der Waals surface area contributed by atoms with Crippen molar-refractivity contribution in [3.63, 3.8) is 0 Å². The third kappa shape index (κ3) is 5.37. The van der Waals surface area contributed by atoms with Gasteiger partial charge in [-0.05, 0) is 0 Å². The number of ether oxygens (including phenoxy) is 5. The van der Waals surface area contributed by atoms with Crippen LogP contribution < -0.4 is 0 Å². The summed E-state index contributed by atoms with van der Waals surface area (Å²) in [5.74, 6) is 0. The van der Waals surface area contributed by atoms with Crippen molar-refractivity contribution in [3.05, 3.63) is 0 Å². The van der Waals surface area contributed by atoms with Crippen LogP contribution in [0.2, 0.25) is 0 Å². The van der Waals surface area contributed by atoms with Crippen LogP contribution in [0.5, 0.6) is 0 Å². The first-order chi connectivity index (χ1) is 16.0. The summed E-state index contributed by atoms with van der Waals surface area (Å²) in [4.78, 5) is 0. The summed E-state index contributed by atoms with van der Waals surface area (Å²) >= 11 is 0. The fourth-order valence-corrected chi connectivity index (χ4v) is 4.04. The monoisotopic (exact) mass is 504 g/mol. The highest BCUT2D eigenvalue weighted by molar-refractivity contribution is 4.96. The maximum Gasteiger partial charge on any atom is 0.187 e. The Morgan fingerprint density at radius 1 is 0.441 bits per heavy atom. The average molecular weight is 504 g/mol. The van der Waals surface area contributed by atoms with Gasteiger partial charge in [-0.1, -0.05) is 0 Å². The van der Waals surface area contributed by atoms with Crippen LogP contribution in [0, 0.1) is 0 Å². The van der Waals surface area contributed by atoms with Crippen LogP contribution in [0.4, 0.5) is 0 Å². The Morgan fingerprint density at radius 2 is 0.853 bits per heavy atom. The molecule has 3 saturated heterocycles. The van der Waals surface area contributed by atoms with E-state index in [0.717, 1.165) is 0 Å². The molecule has 16 heteroatoms. The minimum absolute atomic E-state index is 0.750. The molecule has 3 aliphatic heterocycles. The highest BCUT2D eigenvalue weighted by atomic mass is 16.7. The van der Waals surface area contributed by atoms with Crippen molar-refractivity contribution < 1.29 is 79.9 Å². The van der Waals surface area contributed by atoms with Gasteiger partial charge in [0, 0.05) is 0 Å². The van der Waals surface area contributed by atoms with Crippen LogP contribution >= 0.6 is 0 Å². The molecule has 0 saturated carbocycles. The SMILES string of the molecule is OC[C@H]1OC(O[C@H]2[C@@H](O)[C@@H](CO)O[C@@H](OC3[C@@H](O)[C@H](O)O[C@H](CO)[C@@H]3O)[C@@H]2O)[C@H](O)[C@@H](O)[C@H]1O. The molecular weight excluding hydrogens is 472 g/mol. The van der Waals surface area contributed by atoms with Crippen molar-refractivity contribution in [2.75, 3.05) is 19.8 Å². The first-order valence-electron chi connectivity index (χ1n) is 10.6. The Labute approximate surface area is 192 Å². The molecule has 200 valence electrons. The molecule has 3 fully saturated rings. The number of hydrogen-bond donors (Lipinski definition) is 11. The Bertz CT molecular complexity index is 639. The zero-order valence-electron chi connectivity index (χ0n) is 17.7. The Hall–Kier alpha value is -0.640. The zero-order valence-corrected chi connectivity index (χ0v) is 17.7. The molecule has 0 aliphatic carbocycles. The molecule has 0 aromatic carbocycles. The predicted octanol–water partition coefficient (Wildman–Crippen LogP) is -7.57. The van der Waals surface area contributed by atoms with Crippen LogP contribution in [0.3, 0.4) is 0 Å². The molecule has 0 bridgehead atoms. The van der Waals surface area contributed by atoms with Gasteiger partial charge in [0.2, 0.25) is 0 Å². The summed E-state index contributed by atoms with van der Waals surface area (Å²) in [5, 5.41) is 110. The van der Waals surface area contributed by atoms with Crippen molar-refractivity contribution in [2.45, 2.75) is 92.1 Å². The van der Waals surface area contributed by atoms with E-state index >= 15 is 0 Å². The van der Waals surface area contributed by atoms with Crippen molar-refractivity contribution in [1.82, 2.24) is 0 Å². The molecule has 0 aromatic rings. The normalized spacial score (nSPS) is 52.5. The lowest BCUT2D eigenvalue weighted by molar-refractivity contribution is -0.379. The van der Waals surface area contributed by atoms with Gasteiger partial charge in [-0.15, -0.1) is 0 Å². The molecule has 34 heavy (non-hydrogen) atoms. The minimum Gasteiger partial charge on any atom is -0.394 e. The summed E-state index contributed by atoms with van der Waals surface area (Å²) in [5.41, 5.74) is 0. The second-order valence-corrected chi connectivity index (χ2v) is 8.33. The van der Waals surface area contributed by atoms with E-state index in [1.807, 2.05) is 0 Å². The lowest BCUT2D eigenvalue weighted by Gasteiger charge is -2.47. The van der Waals surface area contributed by atoms with E-state index in [0.29, 0.717) is 0 Å². The van der Waals surface area contributed by atoms with E-state index in [-0.39, 0.29) is 0 Å². The molecule has 11 N–H and O–H groups in total. The molecule has 0 aromatic heterocycles. The molecule has 2 unspecified atom stereocenters. The van der Waals surface area contributed by atoms with Gasteiger partial charge in [-0.3, -0.25) is 0 Å². The standard InChI is InChI=1S/C18H32O16/c19-1-4-7(22)10(25)11(26)17(31-4)34-15-9(24)6(3-21)32-18(13(15)28)33-14-8(23)5(2-20)30-16(29)12(14)27/h4-29H,1-3H2/t4-,5-,6-,7+,8+,9+,10+,11-,12-,13-,14?,15+,16-,17?,18+/m1/s1. The molecule has 16 nitrogen and oxygen atoms in total. The fraction of sp³-hybridized carbons (Fsp3) is 1.00. The second kappa shape index (κ2) is 11.6. The summed E-state index contributed by atoms with van der Waals surface area (Å²) in [7, 11) is 0. The van der Waals surface area contributed by atoms with Gasteiger partial charge in [0.25, 0.3) is 0 Å². The summed E-state index contributed by atoms with van der Waals surface area (Å²) in [6.07, 6.45) is -25.5. The number of aliphatic hydroxyl groups excluding tert-OH is 11. The predicted molar refractivity (Wildman–Crippen MR) is 101 cm³/mol. The largest absolute Gasteiger partial charge is 0.394 e. The van der Waals surface area contributed by atoms with Crippen LogP contribution in [0.25, 0.3) is 0 Å². The van der Waals surface area contributed by atoms with Crippen molar-refractivity contribution in [3.8, 4) is 0 Å². The van der Waals surface area contributed by atoms with E-state index in [4.69, 9.17) is 23.7 Å². The quantitative estimate of drug-likeness (QED) is 0.154. The van der Waals surface area contributed by atoms with E-state index in [9.17, 15) is 56.2 Å². The third-order valence-electron chi connectivity index (χ3n) is 6.09. The van der Waals surface area contributed by atoms with Crippen molar-refractivity contribution in [2.24, 2.45) is 0 Å². The zero-order chi connectivity index (χ0) is 25.3. The molecule has 0 radical (unpaired) electrons. The molecule has 3 heterocycles. The molecule has 0 amide bonds. The van der Waals surface area contributed by atoms with Gasteiger partial charge in [-0.2, -0.15) is 0 Å². The van der Waals surface area contributed by atoms with Crippen LogP contribution in [-0.4, -0.2) is 168 Å². The number of aliphatic hydroxyl groups is 11. The van der Waals surface area contributed by atoms with E-state index < -0.39 is 112 Å². The lowest BCUT2D eigenvalue weighted by atomic mass is 9.96. The first-order valence-corrected chi connectivity index (χ1v) is 10.6. The Balaban J connectivity index is 1.78. The van der Waals surface area contributed by atoms with Crippen LogP contribution in [0.1, 0.15) is 0 Å². The Kier molecular flexibility index (Phi) is 9.54. The number of rotatable bonds is 7. The number of hydrogen-bond acceptors (Lipinski definition) is 16. The van der Waals surface area contributed by atoms with Crippen LogP contribution in [0.15, 0.2) is 0 Å². The van der Waals surface area contributed by atoms with E-state index in [1.54, 1.807) is 0 Å². The minimum atomic E-state index is -1.92. The van der Waals surface area contributed by atoms with Gasteiger partial charge < -0.3 is 79.9 Å². The van der Waals surface area contributed by atoms with Gasteiger partial charge in [0.1, 0.15) is 73.2 Å². The van der Waals surface area contributed by atoms with E-state index in [1.165, 1.54) is 0 Å². The topological polar surface area (TPSA) is 269 Å². The highest BCUT2D eigenvalue weighted by Gasteiger charge is 2.53. The fourth-order valence-electron chi connectivity index (χ4n) is 4.04. The highest BCUT2D eigenvalue weighted by Crippen LogP contribution is 2.32. The van der Waals surface area contributed by atoms with Gasteiger partial charge in [0.15, 0.2) is 18.9 Å². The second-order valence-electron chi connectivity index (χ2n) is 8.33. The summed E-state index contributed by atoms with van der Waals surface area (Å²) < 4.78 is 26.2. The van der Waals surface area contributed by atoms with E-state index in [2.05, 4.69) is 0 Å². The van der Waals surface area contributed by atoms with Crippen molar-refractivity contribution in [1.29, 1.82) is 0 Å². The molecule has 0 spiro atoms. The lowest BCUT2D eigenvalue weighted by Crippen LogP contribution is -2.66. The summed E-state index contributed by atoms with van der Waals surface area (Å²) in [6, 6.07) is 0. The maximum absolute atomic E-state index is 10.7. The first kappa shape index (κ1) is 27.9. The van der Waals surface area contributed by atoms with Crippen LogP contribution in [-0.2, 0) is 23.7 Å².